The number of hydrogen-bond acceptors (Lipinski definition) is 5. The smallest absolute Gasteiger partial charge is 0.212 e. The van der Waals surface area contributed by atoms with Crippen LogP contribution in [0.1, 0.15) is 30.0 Å². The van der Waals surface area contributed by atoms with Crippen molar-refractivity contribution in [1.29, 1.82) is 0 Å². The molecular weight excluding hydrogens is 270 g/mol. The van der Waals surface area contributed by atoms with Gasteiger partial charge < -0.3 is 14.5 Å². The molecule has 0 unspecified atom stereocenters. The van der Waals surface area contributed by atoms with Crippen LogP contribution in [0.2, 0.25) is 0 Å². The monoisotopic (exact) mass is 287 g/mol. The first-order chi connectivity index (χ1) is 10.0. The number of carbonyl (C=O) groups is 1. The quantitative estimate of drug-likeness (QED) is 0.854. The fourth-order valence-electron chi connectivity index (χ4n) is 1.96. The Bertz CT molecular complexity index is 701. The topological polar surface area (TPSA) is 68.5 Å². The molecule has 2 rings (SSSR count). The van der Waals surface area contributed by atoms with Crippen LogP contribution < -0.4 is 15.5 Å². The highest BCUT2D eigenvalue weighted by Gasteiger charge is 2.15. The third-order valence-corrected chi connectivity index (χ3v) is 2.85. The van der Waals surface area contributed by atoms with Gasteiger partial charge in [0.2, 0.25) is 5.88 Å². The number of aryl methyl sites for hydroxylation is 1. The summed E-state index contributed by atoms with van der Waals surface area (Å²) in [5, 5.41) is 2.96. The number of rotatable bonds is 5. The van der Waals surface area contributed by atoms with Gasteiger partial charge in [0, 0.05) is 11.8 Å². The molecule has 0 saturated heterocycles. The van der Waals surface area contributed by atoms with Crippen LogP contribution in [-0.2, 0) is 0 Å². The molecule has 2 aromatic rings. The van der Waals surface area contributed by atoms with Crippen LogP contribution in [-0.4, -0.2) is 12.4 Å². The fourth-order valence-corrected chi connectivity index (χ4v) is 1.96. The van der Waals surface area contributed by atoms with Crippen molar-refractivity contribution in [3.05, 3.63) is 51.9 Å². The molecular formula is C16H17NO4. The zero-order valence-electron chi connectivity index (χ0n) is 12.2. The fraction of sp³-hybridized carbons (Fsp3) is 0.250. The summed E-state index contributed by atoms with van der Waals surface area (Å²) >= 11 is 0. The lowest BCUT2D eigenvalue weighted by molar-refractivity contribution is 0.101. The number of ether oxygens (including phenoxy) is 1. The van der Waals surface area contributed by atoms with Gasteiger partial charge in [-0.15, -0.1) is 0 Å². The van der Waals surface area contributed by atoms with E-state index in [9.17, 15) is 9.59 Å². The Morgan fingerprint density at radius 1 is 1.29 bits per heavy atom. The van der Waals surface area contributed by atoms with Gasteiger partial charge in [0.15, 0.2) is 11.2 Å². The highest BCUT2D eigenvalue weighted by atomic mass is 16.5. The first-order valence-electron chi connectivity index (χ1n) is 6.67. The van der Waals surface area contributed by atoms with Crippen molar-refractivity contribution >= 4 is 17.4 Å². The van der Waals surface area contributed by atoms with Crippen molar-refractivity contribution in [1.82, 2.24) is 0 Å². The molecule has 0 bridgehead atoms. The zero-order chi connectivity index (χ0) is 15.4. The highest BCUT2D eigenvalue weighted by molar-refractivity contribution is 5.98. The Balaban J connectivity index is 2.34. The van der Waals surface area contributed by atoms with E-state index in [-0.39, 0.29) is 22.7 Å². The summed E-state index contributed by atoms with van der Waals surface area (Å²) in [6.07, 6.45) is 0. The number of anilines is 2. The highest BCUT2D eigenvalue weighted by Crippen LogP contribution is 2.22. The number of carbonyl (C=O) groups excluding carboxylic acids is 1. The second-order valence-electron chi connectivity index (χ2n) is 4.56. The lowest BCUT2D eigenvalue weighted by Gasteiger charge is -2.10. The Hall–Kier alpha value is -2.56. The molecule has 1 aromatic carbocycles. The summed E-state index contributed by atoms with van der Waals surface area (Å²) in [7, 11) is 0. The molecule has 1 heterocycles. The average Bonchev–Trinajstić information content (AvgIpc) is 2.40. The minimum atomic E-state index is -0.348. The summed E-state index contributed by atoms with van der Waals surface area (Å²) in [4.78, 5) is 23.5. The predicted molar refractivity (Wildman–Crippen MR) is 80.6 cm³/mol. The molecule has 0 aliphatic heterocycles. The van der Waals surface area contributed by atoms with Crippen molar-refractivity contribution < 1.29 is 13.9 Å². The lowest BCUT2D eigenvalue weighted by atomic mass is 10.1. The van der Waals surface area contributed by atoms with Crippen LogP contribution in [0.15, 0.2) is 39.5 Å². The van der Waals surface area contributed by atoms with Gasteiger partial charge >= 0.3 is 0 Å². The second-order valence-corrected chi connectivity index (χ2v) is 4.56. The molecule has 1 N–H and O–H groups in total. The Morgan fingerprint density at radius 3 is 2.52 bits per heavy atom. The number of Topliss-reactive ketones (excluding diaryl/α,β-unsaturated/α-hetero) is 1. The SMILES string of the molecule is CCOc1ccc(Nc2oc(C)cc(=O)c2C(C)=O)cc1. The molecule has 5 nitrogen and oxygen atoms in total. The van der Waals surface area contributed by atoms with Gasteiger partial charge in [-0.1, -0.05) is 0 Å². The Labute approximate surface area is 122 Å². The van der Waals surface area contributed by atoms with Gasteiger partial charge in [-0.25, -0.2) is 0 Å². The third-order valence-electron chi connectivity index (χ3n) is 2.85. The maximum atomic E-state index is 11.9. The van der Waals surface area contributed by atoms with E-state index in [1.165, 1.54) is 13.0 Å². The van der Waals surface area contributed by atoms with Crippen molar-refractivity contribution in [2.24, 2.45) is 0 Å². The largest absolute Gasteiger partial charge is 0.494 e. The van der Waals surface area contributed by atoms with E-state index in [2.05, 4.69) is 5.32 Å². The first kappa shape index (κ1) is 14.8. The summed E-state index contributed by atoms with van der Waals surface area (Å²) in [5.41, 5.74) is 0.379. The number of hydrogen-bond donors (Lipinski definition) is 1. The maximum absolute atomic E-state index is 11.9. The first-order valence-corrected chi connectivity index (χ1v) is 6.67. The molecule has 0 fully saturated rings. The van der Waals surface area contributed by atoms with E-state index in [4.69, 9.17) is 9.15 Å². The van der Waals surface area contributed by atoms with E-state index >= 15 is 0 Å². The van der Waals surface area contributed by atoms with Crippen LogP contribution in [0.25, 0.3) is 0 Å². The second kappa shape index (κ2) is 6.26. The minimum absolute atomic E-state index is 0.0227. The summed E-state index contributed by atoms with van der Waals surface area (Å²) < 4.78 is 10.8. The Kier molecular flexibility index (Phi) is 4.42. The number of nitrogens with one attached hydrogen (secondary N) is 1. The molecule has 0 radical (unpaired) electrons. The molecule has 0 atom stereocenters. The normalized spacial score (nSPS) is 10.2. The lowest BCUT2D eigenvalue weighted by Crippen LogP contribution is -2.15. The van der Waals surface area contributed by atoms with Gasteiger partial charge in [-0.3, -0.25) is 9.59 Å². The molecule has 0 amide bonds. The van der Waals surface area contributed by atoms with E-state index in [0.717, 1.165) is 5.75 Å². The average molecular weight is 287 g/mol. The molecule has 0 spiro atoms. The molecule has 0 saturated carbocycles. The van der Waals surface area contributed by atoms with Gasteiger partial charge in [0.25, 0.3) is 0 Å². The van der Waals surface area contributed by atoms with Crippen LogP contribution in [0.3, 0.4) is 0 Å². The molecule has 5 heteroatoms. The van der Waals surface area contributed by atoms with E-state index < -0.39 is 0 Å². The van der Waals surface area contributed by atoms with E-state index in [1.54, 1.807) is 31.2 Å². The maximum Gasteiger partial charge on any atom is 0.212 e. The van der Waals surface area contributed by atoms with Crippen LogP contribution in [0.4, 0.5) is 11.6 Å². The number of benzene rings is 1. The summed E-state index contributed by atoms with van der Waals surface area (Å²) in [6, 6.07) is 8.48. The van der Waals surface area contributed by atoms with E-state index in [1.807, 2.05) is 6.92 Å². The van der Waals surface area contributed by atoms with Gasteiger partial charge in [-0.2, -0.15) is 0 Å². The van der Waals surface area contributed by atoms with Crippen molar-refractivity contribution in [3.63, 3.8) is 0 Å². The van der Waals surface area contributed by atoms with E-state index in [0.29, 0.717) is 18.1 Å². The van der Waals surface area contributed by atoms with Crippen molar-refractivity contribution in [2.45, 2.75) is 20.8 Å². The molecule has 110 valence electrons. The van der Waals surface area contributed by atoms with Gasteiger partial charge in [0.1, 0.15) is 17.1 Å². The summed E-state index contributed by atoms with van der Waals surface area (Å²) in [6.45, 7) is 5.50. The summed E-state index contributed by atoms with van der Waals surface area (Å²) in [5.74, 6) is 1.02. The number of ketones is 1. The third kappa shape index (κ3) is 3.51. The molecule has 21 heavy (non-hydrogen) atoms. The van der Waals surface area contributed by atoms with Crippen molar-refractivity contribution in [3.8, 4) is 5.75 Å². The zero-order valence-corrected chi connectivity index (χ0v) is 12.2. The molecule has 0 aliphatic rings. The molecule has 1 aromatic heterocycles. The van der Waals surface area contributed by atoms with Crippen LogP contribution >= 0.6 is 0 Å². The van der Waals surface area contributed by atoms with Crippen LogP contribution in [0.5, 0.6) is 5.75 Å². The predicted octanol–water partition coefficient (Wildman–Crippen LogP) is 3.29. The van der Waals surface area contributed by atoms with Crippen LogP contribution in [0, 0.1) is 6.92 Å². The minimum Gasteiger partial charge on any atom is -0.494 e. The molecule has 0 aliphatic carbocycles. The Morgan fingerprint density at radius 2 is 1.95 bits per heavy atom. The van der Waals surface area contributed by atoms with Gasteiger partial charge in [0.05, 0.1) is 6.61 Å². The van der Waals surface area contributed by atoms with Crippen molar-refractivity contribution in [2.75, 3.05) is 11.9 Å². The standard InChI is InChI=1S/C16H17NO4/c1-4-20-13-7-5-12(6-8-13)17-16-15(11(3)18)14(19)9-10(2)21-16/h5-9,17H,4H2,1-3H3. The van der Waals surface area contributed by atoms with Gasteiger partial charge in [-0.05, 0) is 45.0 Å².